The van der Waals surface area contributed by atoms with Crippen molar-refractivity contribution in [1.29, 1.82) is 0 Å². The van der Waals surface area contributed by atoms with Gasteiger partial charge in [-0.3, -0.25) is 0 Å². The van der Waals surface area contributed by atoms with E-state index in [9.17, 15) is 9.59 Å². The predicted molar refractivity (Wildman–Crippen MR) is 69.1 cm³/mol. The SMILES string of the molecule is CCOC(=O)NN(Sc1ccccn1)C(=O)OCC. The van der Waals surface area contributed by atoms with Crippen molar-refractivity contribution in [1.82, 2.24) is 14.8 Å². The molecule has 0 aliphatic heterocycles. The van der Waals surface area contributed by atoms with Gasteiger partial charge in [0.15, 0.2) is 0 Å². The van der Waals surface area contributed by atoms with Crippen LogP contribution in [0.2, 0.25) is 0 Å². The van der Waals surface area contributed by atoms with Crippen molar-refractivity contribution in [3.8, 4) is 0 Å². The van der Waals surface area contributed by atoms with Crippen LogP contribution in [-0.2, 0) is 9.47 Å². The summed E-state index contributed by atoms with van der Waals surface area (Å²) in [5, 5.41) is 0.535. The Labute approximate surface area is 115 Å². The first kappa shape index (κ1) is 15.1. The van der Waals surface area contributed by atoms with Crippen LogP contribution >= 0.6 is 11.9 Å². The molecule has 0 bridgehead atoms. The zero-order chi connectivity index (χ0) is 14.1. The molecule has 0 spiro atoms. The monoisotopic (exact) mass is 285 g/mol. The molecule has 1 heterocycles. The Bertz CT molecular complexity index is 416. The van der Waals surface area contributed by atoms with Gasteiger partial charge >= 0.3 is 12.2 Å². The molecule has 2 amide bonds. The topological polar surface area (TPSA) is 80.8 Å². The van der Waals surface area contributed by atoms with Crippen LogP contribution in [0.15, 0.2) is 29.4 Å². The average molecular weight is 285 g/mol. The van der Waals surface area contributed by atoms with E-state index in [1.807, 2.05) is 0 Å². The number of ether oxygens (including phenoxy) is 2. The Hall–Kier alpha value is -1.96. The summed E-state index contributed by atoms with van der Waals surface area (Å²) in [6.45, 7) is 3.74. The minimum atomic E-state index is -0.737. The Kier molecular flexibility index (Phi) is 6.51. The maximum absolute atomic E-state index is 11.7. The lowest BCUT2D eigenvalue weighted by Gasteiger charge is -2.19. The number of carbonyl (C=O) groups excluding carboxylic acids is 2. The summed E-state index contributed by atoms with van der Waals surface area (Å²) in [4.78, 5) is 27.0. The first-order valence-electron chi connectivity index (χ1n) is 5.66. The molecular weight excluding hydrogens is 270 g/mol. The van der Waals surface area contributed by atoms with Crippen LogP contribution < -0.4 is 5.43 Å². The van der Waals surface area contributed by atoms with Gasteiger partial charge in [0.05, 0.1) is 13.2 Å². The molecule has 19 heavy (non-hydrogen) atoms. The fraction of sp³-hybridized carbons (Fsp3) is 0.364. The van der Waals surface area contributed by atoms with E-state index in [4.69, 9.17) is 9.47 Å². The first-order valence-corrected chi connectivity index (χ1v) is 6.44. The van der Waals surface area contributed by atoms with Gasteiger partial charge in [0, 0.05) is 18.1 Å². The van der Waals surface area contributed by atoms with E-state index < -0.39 is 12.2 Å². The van der Waals surface area contributed by atoms with Crippen molar-refractivity contribution in [3.05, 3.63) is 24.4 Å². The highest BCUT2D eigenvalue weighted by Crippen LogP contribution is 2.18. The van der Waals surface area contributed by atoms with Crippen LogP contribution in [0.3, 0.4) is 0 Å². The second-order valence-electron chi connectivity index (χ2n) is 3.08. The van der Waals surface area contributed by atoms with Crippen LogP contribution in [0.25, 0.3) is 0 Å². The lowest BCUT2D eigenvalue weighted by atomic mass is 10.5. The van der Waals surface area contributed by atoms with E-state index in [2.05, 4.69) is 10.4 Å². The minimum absolute atomic E-state index is 0.197. The predicted octanol–water partition coefficient (Wildman–Crippen LogP) is 2.21. The van der Waals surface area contributed by atoms with Gasteiger partial charge in [0.2, 0.25) is 0 Å². The maximum atomic E-state index is 11.7. The molecule has 1 rings (SSSR count). The molecule has 104 valence electrons. The van der Waals surface area contributed by atoms with E-state index >= 15 is 0 Å². The quantitative estimate of drug-likeness (QED) is 0.674. The number of carbonyl (C=O) groups is 2. The van der Waals surface area contributed by atoms with E-state index in [1.165, 1.54) is 0 Å². The fourth-order valence-corrected chi connectivity index (χ4v) is 1.71. The van der Waals surface area contributed by atoms with Crippen molar-refractivity contribution < 1.29 is 19.1 Å². The molecule has 1 aromatic heterocycles. The number of nitrogens with one attached hydrogen (secondary N) is 1. The summed E-state index contributed by atoms with van der Waals surface area (Å²) >= 11 is 0.927. The molecule has 0 saturated carbocycles. The third-order valence-corrected chi connectivity index (χ3v) is 2.58. The molecule has 0 aliphatic carbocycles. The minimum Gasteiger partial charge on any atom is -0.449 e. The van der Waals surface area contributed by atoms with Crippen LogP contribution in [0.5, 0.6) is 0 Å². The Morgan fingerprint density at radius 3 is 2.63 bits per heavy atom. The number of aromatic nitrogens is 1. The lowest BCUT2D eigenvalue weighted by Crippen LogP contribution is -2.42. The van der Waals surface area contributed by atoms with Crippen molar-refractivity contribution in [2.24, 2.45) is 0 Å². The number of hydrazine groups is 1. The van der Waals surface area contributed by atoms with E-state index in [0.29, 0.717) is 5.03 Å². The molecule has 8 heteroatoms. The summed E-state index contributed by atoms with van der Waals surface area (Å²) in [7, 11) is 0. The second kappa shape index (κ2) is 8.20. The Balaban J connectivity index is 2.69. The molecule has 0 aliphatic rings. The van der Waals surface area contributed by atoms with Crippen LogP contribution in [0.1, 0.15) is 13.8 Å². The van der Waals surface area contributed by atoms with Crippen molar-refractivity contribution in [3.63, 3.8) is 0 Å². The van der Waals surface area contributed by atoms with Gasteiger partial charge < -0.3 is 9.47 Å². The van der Waals surface area contributed by atoms with Gasteiger partial charge in [0.1, 0.15) is 5.03 Å². The van der Waals surface area contributed by atoms with Crippen LogP contribution in [0.4, 0.5) is 9.59 Å². The summed E-state index contributed by atoms with van der Waals surface area (Å²) in [5.41, 5.74) is 2.27. The maximum Gasteiger partial charge on any atom is 0.439 e. The number of nitrogens with zero attached hydrogens (tertiary/aromatic N) is 2. The van der Waals surface area contributed by atoms with E-state index in [0.717, 1.165) is 16.4 Å². The number of amides is 2. The zero-order valence-corrected chi connectivity index (χ0v) is 11.5. The average Bonchev–Trinajstić information content (AvgIpc) is 2.40. The molecule has 0 fully saturated rings. The summed E-state index contributed by atoms with van der Waals surface area (Å²) in [6, 6.07) is 5.21. The number of pyridine rings is 1. The van der Waals surface area contributed by atoms with Crippen LogP contribution in [0, 0.1) is 0 Å². The van der Waals surface area contributed by atoms with Gasteiger partial charge in [0.25, 0.3) is 0 Å². The standard InChI is InChI=1S/C11H15N3O4S/c1-3-17-10(15)13-14(11(16)18-4-2)19-9-7-5-6-8-12-9/h5-8H,3-4H2,1-2H3,(H,13,15). The summed E-state index contributed by atoms with van der Waals surface area (Å²) < 4.78 is 10.5. The molecule has 1 N–H and O–H groups in total. The molecule has 0 radical (unpaired) electrons. The zero-order valence-electron chi connectivity index (χ0n) is 10.7. The van der Waals surface area contributed by atoms with Gasteiger partial charge in [-0.2, -0.15) is 0 Å². The highest BCUT2D eigenvalue weighted by molar-refractivity contribution is 7.97. The number of hydrogen-bond donors (Lipinski definition) is 1. The largest absolute Gasteiger partial charge is 0.449 e. The highest BCUT2D eigenvalue weighted by atomic mass is 32.2. The van der Waals surface area contributed by atoms with Crippen molar-refractivity contribution in [2.75, 3.05) is 13.2 Å². The Morgan fingerprint density at radius 2 is 2.05 bits per heavy atom. The highest BCUT2D eigenvalue weighted by Gasteiger charge is 2.20. The molecule has 0 aromatic carbocycles. The lowest BCUT2D eigenvalue weighted by molar-refractivity contribution is 0.106. The summed E-state index contributed by atoms with van der Waals surface area (Å²) in [6.07, 6.45) is 0.140. The van der Waals surface area contributed by atoms with Gasteiger partial charge in [-0.1, -0.05) is 6.07 Å². The van der Waals surface area contributed by atoms with E-state index in [1.54, 1.807) is 38.2 Å². The number of hydrogen-bond acceptors (Lipinski definition) is 6. The third-order valence-electron chi connectivity index (χ3n) is 1.72. The number of rotatable bonds is 4. The van der Waals surface area contributed by atoms with Crippen molar-refractivity contribution >= 4 is 24.1 Å². The molecule has 7 nitrogen and oxygen atoms in total. The smallest absolute Gasteiger partial charge is 0.439 e. The molecule has 0 saturated heterocycles. The normalized spacial score (nSPS) is 9.58. The van der Waals surface area contributed by atoms with E-state index in [-0.39, 0.29) is 13.2 Å². The second-order valence-corrected chi connectivity index (χ2v) is 4.05. The van der Waals surface area contributed by atoms with Gasteiger partial charge in [-0.15, -0.1) is 4.41 Å². The summed E-state index contributed by atoms with van der Waals surface area (Å²) in [5.74, 6) is 0. The fourth-order valence-electron chi connectivity index (χ4n) is 1.03. The Morgan fingerprint density at radius 1 is 1.32 bits per heavy atom. The third kappa shape index (κ3) is 5.47. The van der Waals surface area contributed by atoms with Gasteiger partial charge in [-0.05, 0) is 26.0 Å². The van der Waals surface area contributed by atoms with Crippen LogP contribution in [-0.4, -0.2) is 34.8 Å². The molecule has 0 atom stereocenters. The first-order chi connectivity index (χ1) is 9.17. The molecule has 0 unspecified atom stereocenters. The van der Waals surface area contributed by atoms with Gasteiger partial charge in [-0.25, -0.2) is 20.0 Å². The van der Waals surface area contributed by atoms with Crippen molar-refractivity contribution in [2.45, 2.75) is 18.9 Å². The molecular formula is C11H15N3O4S. The molecule has 1 aromatic rings.